The van der Waals surface area contributed by atoms with Gasteiger partial charge in [-0.2, -0.15) is 0 Å². The van der Waals surface area contributed by atoms with Crippen molar-refractivity contribution in [3.8, 4) is 5.75 Å². The molecule has 2 aromatic rings. The van der Waals surface area contributed by atoms with Crippen molar-refractivity contribution in [2.75, 3.05) is 20.2 Å². The first-order valence-corrected chi connectivity index (χ1v) is 8.57. The summed E-state index contributed by atoms with van der Waals surface area (Å²) in [5.41, 5.74) is 8.58. The third-order valence-corrected chi connectivity index (χ3v) is 4.46. The number of hydrazine groups is 1. The lowest BCUT2D eigenvalue weighted by Crippen LogP contribution is -2.35. The van der Waals surface area contributed by atoms with Crippen molar-refractivity contribution in [3.05, 3.63) is 59.9 Å². The fourth-order valence-electron chi connectivity index (χ4n) is 3.08. The van der Waals surface area contributed by atoms with Crippen molar-refractivity contribution < 1.29 is 9.53 Å². The molecule has 1 aliphatic heterocycles. The van der Waals surface area contributed by atoms with E-state index in [2.05, 4.69) is 21.2 Å². The van der Waals surface area contributed by atoms with Crippen LogP contribution in [0.4, 0.5) is 0 Å². The SMILES string of the molecule is COc1cccc(C2NNCC2C(=O)NCCCc2ccncc2)c1. The Bertz CT molecular complexity index is 693. The molecule has 1 amide bonds. The van der Waals surface area contributed by atoms with E-state index >= 15 is 0 Å². The third kappa shape index (κ3) is 4.55. The Morgan fingerprint density at radius 1 is 1.32 bits per heavy atom. The van der Waals surface area contributed by atoms with E-state index in [1.807, 2.05) is 36.4 Å². The summed E-state index contributed by atoms with van der Waals surface area (Å²) in [5, 5.41) is 3.06. The van der Waals surface area contributed by atoms with Gasteiger partial charge in [-0.25, -0.2) is 5.43 Å². The molecular formula is C19H24N4O2. The Morgan fingerprint density at radius 3 is 2.96 bits per heavy atom. The number of carbonyl (C=O) groups excluding carboxylic acids is 1. The Balaban J connectivity index is 1.52. The number of carbonyl (C=O) groups is 1. The van der Waals surface area contributed by atoms with Crippen molar-refractivity contribution in [2.45, 2.75) is 18.9 Å². The summed E-state index contributed by atoms with van der Waals surface area (Å²) in [6.45, 7) is 1.28. The highest BCUT2D eigenvalue weighted by atomic mass is 16.5. The summed E-state index contributed by atoms with van der Waals surface area (Å²) in [7, 11) is 1.65. The van der Waals surface area contributed by atoms with Crippen LogP contribution in [0.5, 0.6) is 5.75 Å². The van der Waals surface area contributed by atoms with Crippen LogP contribution in [0.1, 0.15) is 23.6 Å². The first kappa shape index (κ1) is 17.4. The van der Waals surface area contributed by atoms with Gasteiger partial charge in [0.1, 0.15) is 5.75 Å². The standard InChI is InChI=1S/C19H24N4O2/c1-25-16-6-2-5-15(12-16)18-17(13-22-23-18)19(24)21-9-3-4-14-7-10-20-11-8-14/h2,5-8,10-12,17-18,22-23H,3-4,9,13H2,1H3,(H,21,24). The largest absolute Gasteiger partial charge is 0.497 e. The topological polar surface area (TPSA) is 75.3 Å². The molecule has 3 rings (SSSR count). The van der Waals surface area contributed by atoms with E-state index < -0.39 is 0 Å². The van der Waals surface area contributed by atoms with E-state index in [0.717, 1.165) is 24.2 Å². The fraction of sp³-hybridized carbons (Fsp3) is 0.368. The Morgan fingerprint density at radius 2 is 2.16 bits per heavy atom. The lowest BCUT2D eigenvalue weighted by atomic mass is 9.94. The van der Waals surface area contributed by atoms with Gasteiger partial charge in [0.15, 0.2) is 0 Å². The van der Waals surface area contributed by atoms with Crippen LogP contribution < -0.4 is 20.9 Å². The lowest BCUT2D eigenvalue weighted by molar-refractivity contribution is -0.124. The molecule has 1 saturated heterocycles. The average molecular weight is 340 g/mol. The molecule has 2 unspecified atom stereocenters. The van der Waals surface area contributed by atoms with Crippen molar-refractivity contribution >= 4 is 5.91 Å². The van der Waals surface area contributed by atoms with Gasteiger partial charge in [0, 0.05) is 25.5 Å². The summed E-state index contributed by atoms with van der Waals surface area (Å²) >= 11 is 0. The minimum atomic E-state index is -0.145. The molecule has 0 radical (unpaired) electrons. The van der Waals surface area contributed by atoms with Crippen LogP contribution in [0.3, 0.4) is 0 Å². The van der Waals surface area contributed by atoms with Crippen LogP contribution in [-0.2, 0) is 11.2 Å². The zero-order valence-electron chi connectivity index (χ0n) is 14.4. The number of aryl methyl sites for hydroxylation is 1. The molecule has 3 N–H and O–H groups in total. The normalized spacial score (nSPS) is 19.6. The number of benzene rings is 1. The van der Waals surface area contributed by atoms with Gasteiger partial charge >= 0.3 is 0 Å². The van der Waals surface area contributed by atoms with Crippen molar-refractivity contribution in [1.82, 2.24) is 21.2 Å². The lowest BCUT2D eigenvalue weighted by Gasteiger charge is -2.19. The van der Waals surface area contributed by atoms with Gasteiger partial charge in [-0.15, -0.1) is 0 Å². The molecule has 132 valence electrons. The van der Waals surface area contributed by atoms with Crippen LogP contribution in [0.25, 0.3) is 0 Å². The van der Waals surface area contributed by atoms with E-state index in [1.54, 1.807) is 19.5 Å². The minimum absolute atomic E-state index is 0.0599. The molecule has 6 nitrogen and oxygen atoms in total. The molecule has 1 aromatic heterocycles. The van der Waals surface area contributed by atoms with Gasteiger partial charge in [-0.05, 0) is 48.2 Å². The van der Waals surface area contributed by atoms with E-state index in [4.69, 9.17) is 4.74 Å². The number of aromatic nitrogens is 1. The molecule has 6 heteroatoms. The molecule has 2 heterocycles. The monoisotopic (exact) mass is 340 g/mol. The maximum atomic E-state index is 12.6. The molecule has 2 atom stereocenters. The van der Waals surface area contributed by atoms with Crippen molar-refractivity contribution in [2.24, 2.45) is 5.92 Å². The fourth-order valence-corrected chi connectivity index (χ4v) is 3.08. The summed E-state index contributed by atoms with van der Waals surface area (Å²) in [6.07, 6.45) is 5.43. The van der Waals surface area contributed by atoms with Crippen LogP contribution in [0.2, 0.25) is 0 Å². The summed E-state index contributed by atoms with van der Waals surface area (Å²) < 4.78 is 5.28. The van der Waals surface area contributed by atoms with E-state index in [0.29, 0.717) is 13.1 Å². The number of hydrogen-bond acceptors (Lipinski definition) is 5. The van der Waals surface area contributed by atoms with Gasteiger partial charge in [0.2, 0.25) is 5.91 Å². The van der Waals surface area contributed by atoms with Crippen molar-refractivity contribution in [3.63, 3.8) is 0 Å². The Hall–Kier alpha value is -2.44. The number of ether oxygens (including phenoxy) is 1. The van der Waals surface area contributed by atoms with Gasteiger partial charge in [-0.1, -0.05) is 12.1 Å². The molecule has 25 heavy (non-hydrogen) atoms. The highest BCUT2D eigenvalue weighted by Crippen LogP contribution is 2.27. The number of pyridine rings is 1. The molecular weight excluding hydrogens is 316 g/mol. The van der Waals surface area contributed by atoms with Crippen LogP contribution >= 0.6 is 0 Å². The summed E-state index contributed by atoms with van der Waals surface area (Å²) in [4.78, 5) is 16.6. The summed E-state index contributed by atoms with van der Waals surface area (Å²) in [6, 6.07) is 11.8. The number of hydrogen-bond donors (Lipinski definition) is 3. The number of amides is 1. The number of nitrogens with one attached hydrogen (secondary N) is 3. The van der Waals surface area contributed by atoms with Crippen LogP contribution in [-0.4, -0.2) is 31.1 Å². The Kier molecular flexibility index (Phi) is 5.98. The molecule has 0 aliphatic carbocycles. The molecule has 0 bridgehead atoms. The van der Waals surface area contributed by atoms with Crippen LogP contribution in [0, 0.1) is 5.92 Å². The maximum absolute atomic E-state index is 12.6. The molecule has 0 spiro atoms. The summed E-state index contributed by atoms with van der Waals surface area (Å²) in [5.74, 6) is 0.718. The first-order chi connectivity index (χ1) is 12.3. The Labute approximate surface area is 148 Å². The highest BCUT2D eigenvalue weighted by molar-refractivity contribution is 5.80. The predicted molar refractivity (Wildman–Crippen MR) is 95.9 cm³/mol. The second-order valence-electron chi connectivity index (χ2n) is 6.14. The van der Waals surface area contributed by atoms with Gasteiger partial charge in [-0.3, -0.25) is 15.2 Å². The van der Waals surface area contributed by atoms with E-state index in [9.17, 15) is 4.79 Å². The van der Waals surface area contributed by atoms with Crippen molar-refractivity contribution in [1.29, 1.82) is 0 Å². The number of methoxy groups -OCH3 is 1. The first-order valence-electron chi connectivity index (χ1n) is 8.57. The highest BCUT2D eigenvalue weighted by Gasteiger charge is 2.33. The number of nitrogens with zero attached hydrogens (tertiary/aromatic N) is 1. The van der Waals surface area contributed by atoms with Gasteiger partial charge < -0.3 is 10.1 Å². The third-order valence-electron chi connectivity index (χ3n) is 4.46. The quantitative estimate of drug-likeness (QED) is 0.668. The smallest absolute Gasteiger partial charge is 0.226 e. The molecule has 0 saturated carbocycles. The van der Waals surface area contributed by atoms with E-state index in [1.165, 1.54) is 5.56 Å². The van der Waals surface area contributed by atoms with Gasteiger partial charge in [0.05, 0.1) is 19.1 Å². The zero-order chi connectivity index (χ0) is 17.5. The maximum Gasteiger partial charge on any atom is 0.226 e. The van der Waals surface area contributed by atoms with E-state index in [-0.39, 0.29) is 17.9 Å². The predicted octanol–water partition coefficient (Wildman–Crippen LogP) is 1.60. The molecule has 1 aromatic carbocycles. The second kappa shape index (κ2) is 8.60. The molecule has 1 aliphatic rings. The zero-order valence-corrected chi connectivity index (χ0v) is 14.4. The molecule has 1 fully saturated rings. The van der Waals surface area contributed by atoms with Crippen LogP contribution in [0.15, 0.2) is 48.8 Å². The number of rotatable bonds is 7. The minimum Gasteiger partial charge on any atom is -0.497 e. The van der Waals surface area contributed by atoms with Gasteiger partial charge in [0.25, 0.3) is 0 Å². The average Bonchev–Trinajstić information content (AvgIpc) is 3.16. The second-order valence-corrected chi connectivity index (χ2v) is 6.14.